The molecule has 1 aromatic carbocycles. The molecule has 4 rings (SSSR count). The number of fused-ring (bicyclic) bond motifs is 2. The highest BCUT2D eigenvalue weighted by Crippen LogP contribution is 2.32. The van der Waals surface area contributed by atoms with Crippen molar-refractivity contribution < 1.29 is 4.79 Å². The lowest BCUT2D eigenvalue weighted by Crippen LogP contribution is -2.48. The molecule has 2 aromatic rings. The Morgan fingerprint density at radius 3 is 2.59 bits per heavy atom. The SMILES string of the molecule is Cl.Cl.O=C(Cc1csc(-c2ccc(Cl)cc2Cl)n1)NC1CC2CCC(C1)N2. The molecule has 2 atom stereocenters. The van der Waals surface area contributed by atoms with Gasteiger partial charge in [0.05, 0.1) is 17.1 Å². The van der Waals surface area contributed by atoms with E-state index in [1.165, 1.54) is 24.2 Å². The molecule has 2 aliphatic heterocycles. The monoisotopic (exact) mass is 467 g/mol. The normalized spacial score (nSPS) is 23.3. The maximum absolute atomic E-state index is 12.4. The third kappa shape index (κ3) is 5.49. The molecular formula is C18H21Cl4N3OS. The van der Waals surface area contributed by atoms with Crippen molar-refractivity contribution in [1.29, 1.82) is 0 Å². The van der Waals surface area contributed by atoms with Gasteiger partial charge in [0.1, 0.15) is 5.01 Å². The number of rotatable bonds is 4. The maximum atomic E-state index is 12.4. The predicted molar refractivity (Wildman–Crippen MR) is 117 cm³/mol. The molecule has 9 heteroatoms. The van der Waals surface area contributed by atoms with Crippen molar-refractivity contribution >= 4 is 65.3 Å². The second-order valence-corrected chi connectivity index (χ2v) is 8.52. The fourth-order valence-corrected chi connectivity index (χ4v) is 5.21. The minimum absolute atomic E-state index is 0. The van der Waals surface area contributed by atoms with Gasteiger partial charge in [0.15, 0.2) is 0 Å². The van der Waals surface area contributed by atoms with Crippen LogP contribution in [-0.2, 0) is 11.2 Å². The molecule has 2 saturated heterocycles. The van der Waals surface area contributed by atoms with Crippen LogP contribution in [0.2, 0.25) is 10.0 Å². The van der Waals surface area contributed by atoms with E-state index in [-0.39, 0.29) is 36.8 Å². The van der Waals surface area contributed by atoms with E-state index in [0.29, 0.717) is 28.5 Å². The number of halogens is 4. The Morgan fingerprint density at radius 1 is 1.22 bits per heavy atom. The summed E-state index contributed by atoms with van der Waals surface area (Å²) in [6.45, 7) is 0. The van der Waals surface area contributed by atoms with Gasteiger partial charge in [0, 0.05) is 34.1 Å². The average Bonchev–Trinajstić information content (AvgIpc) is 3.14. The number of carbonyl (C=O) groups excluding carboxylic acids is 1. The molecule has 0 saturated carbocycles. The fraction of sp³-hybridized carbons (Fsp3) is 0.444. The second-order valence-electron chi connectivity index (χ2n) is 6.82. The molecule has 4 nitrogen and oxygen atoms in total. The van der Waals surface area contributed by atoms with E-state index >= 15 is 0 Å². The van der Waals surface area contributed by atoms with E-state index in [1.54, 1.807) is 12.1 Å². The van der Waals surface area contributed by atoms with Crippen LogP contribution in [-0.4, -0.2) is 29.0 Å². The van der Waals surface area contributed by atoms with Gasteiger partial charge in [-0.05, 0) is 43.9 Å². The summed E-state index contributed by atoms with van der Waals surface area (Å²) in [6, 6.07) is 6.79. The summed E-state index contributed by atoms with van der Waals surface area (Å²) in [7, 11) is 0. The van der Waals surface area contributed by atoms with Crippen LogP contribution < -0.4 is 10.6 Å². The first-order valence-electron chi connectivity index (χ1n) is 8.52. The molecule has 1 aromatic heterocycles. The third-order valence-electron chi connectivity index (χ3n) is 4.89. The smallest absolute Gasteiger partial charge is 0.226 e. The van der Waals surface area contributed by atoms with Gasteiger partial charge in [-0.3, -0.25) is 4.79 Å². The Bertz CT molecular complexity index is 789. The summed E-state index contributed by atoms with van der Waals surface area (Å²) < 4.78 is 0. The van der Waals surface area contributed by atoms with Crippen molar-refractivity contribution in [3.05, 3.63) is 39.3 Å². The standard InChI is InChI=1S/C18H19Cl2N3OS.2ClH/c19-10-1-4-15(16(20)5-10)18-23-14(9-25-18)8-17(24)22-13-6-11-2-3-12(7-13)21-11;;/h1,4-5,9,11-13,21H,2-3,6-8H2,(H,22,24);2*1H. The molecule has 2 bridgehead atoms. The number of amides is 1. The van der Waals surface area contributed by atoms with Crippen molar-refractivity contribution in [2.45, 2.75) is 50.2 Å². The van der Waals surface area contributed by atoms with Crippen molar-refractivity contribution in [2.75, 3.05) is 0 Å². The largest absolute Gasteiger partial charge is 0.353 e. The number of carbonyl (C=O) groups is 1. The van der Waals surface area contributed by atoms with Crippen molar-refractivity contribution in [3.8, 4) is 10.6 Å². The Kier molecular flexibility index (Phi) is 8.22. The number of aromatic nitrogens is 1. The van der Waals surface area contributed by atoms with Gasteiger partial charge in [0.2, 0.25) is 5.91 Å². The number of hydrogen-bond donors (Lipinski definition) is 2. The van der Waals surface area contributed by atoms with Crippen LogP contribution in [0.25, 0.3) is 10.6 Å². The highest BCUT2D eigenvalue weighted by Gasteiger charge is 2.33. The minimum Gasteiger partial charge on any atom is -0.353 e. The number of nitrogens with zero attached hydrogens (tertiary/aromatic N) is 1. The molecule has 2 N–H and O–H groups in total. The summed E-state index contributed by atoms with van der Waals surface area (Å²) in [4.78, 5) is 16.9. The van der Waals surface area contributed by atoms with Crippen LogP contribution in [0.1, 0.15) is 31.4 Å². The third-order valence-corrected chi connectivity index (χ3v) is 6.37. The number of hydrogen-bond acceptors (Lipinski definition) is 4. The Hall–Kier alpha value is -0.560. The molecule has 148 valence electrons. The van der Waals surface area contributed by atoms with Crippen molar-refractivity contribution in [1.82, 2.24) is 15.6 Å². The minimum atomic E-state index is 0. The molecule has 3 heterocycles. The van der Waals surface area contributed by atoms with Crippen LogP contribution in [0.15, 0.2) is 23.6 Å². The van der Waals surface area contributed by atoms with E-state index in [9.17, 15) is 4.79 Å². The molecular weight excluding hydrogens is 448 g/mol. The summed E-state index contributed by atoms with van der Waals surface area (Å²) >= 11 is 13.7. The predicted octanol–water partition coefficient (Wildman–Crippen LogP) is 4.90. The molecule has 0 radical (unpaired) electrons. The molecule has 2 aliphatic rings. The van der Waals surface area contributed by atoms with Crippen LogP contribution >= 0.6 is 59.4 Å². The van der Waals surface area contributed by atoms with Gasteiger partial charge in [-0.2, -0.15) is 0 Å². The van der Waals surface area contributed by atoms with Gasteiger partial charge in [-0.15, -0.1) is 36.2 Å². The van der Waals surface area contributed by atoms with Gasteiger partial charge in [-0.1, -0.05) is 23.2 Å². The highest BCUT2D eigenvalue weighted by atomic mass is 35.5. The highest BCUT2D eigenvalue weighted by molar-refractivity contribution is 7.13. The fourth-order valence-electron chi connectivity index (χ4n) is 3.79. The zero-order chi connectivity index (χ0) is 17.4. The van der Waals surface area contributed by atoms with Crippen LogP contribution in [0, 0.1) is 0 Å². The van der Waals surface area contributed by atoms with Crippen molar-refractivity contribution in [2.24, 2.45) is 0 Å². The van der Waals surface area contributed by atoms with Crippen molar-refractivity contribution in [3.63, 3.8) is 0 Å². The van der Waals surface area contributed by atoms with E-state index in [2.05, 4.69) is 15.6 Å². The zero-order valence-electron chi connectivity index (χ0n) is 14.4. The van der Waals surface area contributed by atoms with E-state index in [0.717, 1.165) is 29.1 Å². The van der Waals surface area contributed by atoms with Gasteiger partial charge < -0.3 is 10.6 Å². The van der Waals surface area contributed by atoms with E-state index < -0.39 is 0 Å². The summed E-state index contributed by atoms with van der Waals surface area (Å²) in [5, 5.41) is 10.7. The van der Waals surface area contributed by atoms with Crippen LogP contribution in [0.5, 0.6) is 0 Å². The maximum Gasteiger partial charge on any atom is 0.226 e. The lowest BCUT2D eigenvalue weighted by atomic mass is 9.99. The van der Waals surface area contributed by atoms with Crippen LogP contribution in [0.3, 0.4) is 0 Å². The molecule has 27 heavy (non-hydrogen) atoms. The number of thiazole rings is 1. The summed E-state index contributed by atoms with van der Waals surface area (Å²) in [5.74, 6) is 0.0466. The molecule has 0 aliphatic carbocycles. The Balaban J connectivity index is 0.00000131. The summed E-state index contributed by atoms with van der Waals surface area (Å²) in [6.07, 6.45) is 4.83. The quantitative estimate of drug-likeness (QED) is 0.670. The lowest BCUT2D eigenvalue weighted by molar-refractivity contribution is -0.121. The Morgan fingerprint density at radius 2 is 1.93 bits per heavy atom. The number of nitrogens with one attached hydrogen (secondary N) is 2. The van der Waals surface area contributed by atoms with Gasteiger partial charge >= 0.3 is 0 Å². The van der Waals surface area contributed by atoms with E-state index in [1.807, 2.05) is 11.4 Å². The first kappa shape index (κ1) is 22.7. The first-order valence-corrected chi connectivity index (χ1v) is 10.2. The Labute approximate surface area is 185 Å². The first-order chi connectivity index (χ1) is 12.1. The second kappa shape index (κ2) is 9.77. The average molecular weight is 469 g/mol. The van der Waals surface area contributed by atoms with Crippen LogP contribution in [0.4, 0.5) is 0 Å². The number of piperidine rings is 1. The van der Waals surface area contributed by atoms with E-state index in [4.69, 9.17) is 23.2 Å². The number of benzene rings is 1. The molecule has 0 spiro atoms. The summed E-state index contributed by atoms with van der Waals surface area (Å²) in [5.41, 5.74) is 1.62. The molecule has 2 unspecified atom stereocenters. The van der Waals surface area contributed by atoms with Gasteiger partial charge in [-0.25, -0.2) is 4.98 Å². The molecule has 2 fully saturated rings. The van der Waals surface area contributed by atoms with Gasteiger partial charge in [0.25, 0.3) is 0 Å². The lowest BCUT2D eigenvalue weighted by Gasteiger charge is -2.29. The topological polar surface area (TPSA) is 54.0 Å². The molecule has 1 amide bonds. The zero-order valence-corrected chi connectivity index (χ0v) is 18.4.